The molecule has 4 rings (SSSR count). The first-order chi connectivity index (χ1) is 12.1. The van der Waals surface area contributed by atoms with Crippen LogP contribution in [0, 0.1) is 5.92 Å². The first-order valence-corrected chi connectivity index (χ1v) is 8.78. The van der Waals surface area contributed by atoms with Gasteiger partial charge in [0.1, 0.15) is 0 Å². The standard InChI is InChI=1S/C19H22N4O2/c1-13(14-5-9-20-10-6-14)22-11-7-15-16(22)3-2-4-17(15)23-12-8-18(24)21-19(23)25/h2-4,7-8,11-14,20H,5-6,9-10H2,1H3,(H,21,24,25). The molecule has 0 aliphatic carbocycles. The molecule has 0 radical (unpaired) electrons. The number of hydrogen-bond acceptors (Lipinski definition) is 3. The Labute approximate surface area is 145 Å². The molecule has 0 spiro atoms. The molecule has 6 heteroatoms. The summed E-state index contributed by atoms with van der Waals surface area (Å²) in [7, 11) is 0. The van der Waals surface area contributed by atoms with Crippen LogP contribution in [0.2, 0.25) is 0 Å². The molecule has 2 N–H and O–H groups in total. The molecule has 3 aromatic rings. The average Bonchev–Trinajstić information content (AvgIpc) is 3.06. The number of fused-ring (bicyclic) bond motifs is 1. The monoisotopic (exact) mass is 338 g/mol. The summed E-state index contributed by atoms with van der Waals surface area (Å²) in [4.78, 5) is 25.8. The van der Waals surface area contributed by atoms with E-state index in [9.17, 15) is 9.59 Å². The Hall–Kier alpha value is -2.60. The lowest BCUT2D eigenvalue weighted by atomic mass is 9.91. The number of piperidine rings is 1. The lowest BCUT2D eigenvalue weighted by Crippen LogP contribution is -2.31. The Bertz CT molecular complexity index is 1010. The van der Waals surface area contributed by atoms with Crippen LogP contribution < -0.4 is 16.6 Å². The minimum atomic E-state index is -0.417. The van der Waals surface area contributed by atoms with Gasteiger partial charge in [-0.2, -0.15) is 0 Å². The van der Waals surface area contributed by atoms with E-state index < -0.39 is 5.69 Å². The number of nitrogens with zero attached hydrogens (tertiary/aromatic N) is 2. The molecule has 1 fully saturated rings. The molecule has 3 heterocycles. The third-order valence-electron chi connectivity index (χ3n) is 5.33. The molecule has 25 heavy (non-hydrogen) atoms. The molecule has 0 saturated carbocycles. The molecule has 0 bridgehead atoms. The van der Waals surface area contributed by atoms with Crippen LogP contribution in [0.1, 0.15) is 25.8 Å². The average molecular weight is 338 g/mol. The Morgan fingerprint density at radius 2 is 1.88 bits per heavy atom. The highest BCUT2D eigenvalue weighted by Gasteiger charge is 2.22. The van der Waals surface area contributed by atoms with Gasteiger partial charge in [0, 0.05) is 29.9 Å². The number of aromatic nitrogens is 3. The third kappa shape index (κ3) is 2.82. The van der Waals surface area contributed by atoms with Gasteiger partial charge in [-0.05, 0) is 57.0 Å². The van der Waals surface area contributed by atoms with Gasteiger partial charge in [0.2, 0.25) is 0 Å². The van der Waals surface area contributed by atoms with E-state index in [1.165, 1.54) is 29.7 Å². The minimum absolute atomic E-state index is 0.384. The number of rotatable bonds is 3. The van der Waals surface area contributed by atoms with Crippen LogP contribution in [-0.2, 0) is 0 Å². The van der Waals surface area contributed by atoms with Gasteiger partial charge in [-0.15, -0.1) is 0 Å². The van der Waals surface area contributed by atoms with Crippen molar-refractivity contribution in [2.45, 2.75) is 25.8 Å². The fourth-order valence-electron chi connectivity index (χ4n) is 3.90. The third-order valence-corrected chi connectivity index (χ3v) is 5.33. The summed E-state index contributed by atoms with van der Waals surface area (Å²) in [6.45, 7) is 4.42. The number of hydrogen-bond donors (Lipinski definition) is 2. The van der Waals surface area contributed by atoms with Crippen LogP contribution in [0.25, 0.3) is 16.6 Å². The molecule has 1 aromatic carbocycles. The van der Waals surface area contributed by atoms with Gasteiger partial charge in [0.25, 0.3) is 5.56 Å². The zero-order valence-electron chi connectivity index (χ0n) is 14.2. The summed E-state index contributed by atoms with van der Waals surface area (Å²) < 4.78 is 3.80. The highest BCUT2D eigenvalue weighted by molar-refractivity contribution is 5.88. The number of aromatic amines is 1. The smallest absolute Gasteiger partial charge is 0.332 e. The van der Waals surface area contributed by atoms with E-state index in [1.54, 1.807) is 0 Å². The number of H-pyrrole nitrogens is 1. The van der Waals surface area contributed by atoms with Crippen molar-refractivity contribution in [3.8, 4) is 5.69 Å². The van der Waals surface area contributed by atoms with Crippen LogP contribution in [0.3, 0.4) is 0 Å². The number of nitrogens with one attached hydrogen (secondary N) is 2. The Morgan fingerprint density at radius 3 is 2.64 bits per heavy atom. The lowest BCUT2D eigenvalue weighted by Gasteiger charge is -2.30. The van der Waals surface area contributed by atoms with Gasteiger partial charge >= 0.3 is 5.69 Å². The summed E-state index contributed by atoms with van der Waals surface area (Å²) >= 11 is 0. The lowest BCUT2D eigenvalue weighted by molar-refractivity contribution is 0.280. The van der Waals surface area contributed by atoms with Crippen molar-refractivity contribution >= 4 is 10.9 Å². The zero-order valence-corrected chi connectivity index (χ0v) is 14.2. The first-order valence-electron chi connectivity index (χ1n) is 8.78. The van der Waals surface area contributed by atoms with Gasteiger partial charge < -0.3 is 9.88 Å². The summed E-state index contributed by atoms with van der Waals surface area (Å²) in [5.74, 6) is 0.649. The van der Waals surface area contributed by atoms with E-state index in [2.05, 4.69) is 40.1 Å². The minimum Gasteiger partial charge on any atom is -0.344 e. The van der Waals surface area contributed by atoms with Crippen molar-refractivity contribution in [1.29, 1.82) is 0 Å². The Morgan fingerprint density at radius 1 is 1.08 bits per heavy atom. The molecule has 1 aliphatic rings. The van der Waals surface area contributed by atoms with Gasteiger partial charge in [-0.3, -0.25) is 14.3 Å². The highest BCUT2D eigenvalue weighted by Crippen LogP contribution is 2.31. The van der Waals surface area contributed by atoms with E-state index in [1.807, 2.05) is 12.1 Å². The van der Waals surface area contributed by atoms with Crippen molar-refractivity contribution in [2.75, 3.05) is 13.1 Å². The van der Waals surface area contributed by atoms with E-state index in [0.717, 1.165) is 29.7 Å². The van der Waals surface area contributed by atoms with Crippen molar-refractivity contribution < 1.29 is 0 Å². The second kappa shape index (κ2) is 6.37. The quantitative estimate of drug-likeness (QED) is 0.768. The zero-order chi connectivity index (χ0) is 17.4. The number of benzene rings is 1. The van der Waals surface area contributed by atoms with Crippen LogP contribution in [-0.4, -0.2) is 27.2 Å². The van der Waals surface area contributed by atoms with Gasteiger partial charge in [0.05, 0.1) is 11.2 Å². The predicted octanol–water partition coefficient (Wildman–Crippen LogP) is 2.04. The maximum Gasteiger partial charge on any atom is 0.332 e. The van der Waals surface area contributed by atoms with Crippen LogP contribution >= 0.6 is 0 Å². The van der Waals surface area contributed by atoms with Crippen molar-refractivity contribution in [3.05, 3.63) is 63.6 Å². The topological polar surface area (TPSA) is 71.8 Å². The van der Waals surface area contributed by atoms with E-state index >= 15 is 0 Å². The van der Waals surface area contributed by atoms with Crippen LogP contribution in [0.4, 0.5) is 0 Å². The molecular weight excluding hydrogens is 316 g/mol. The summed E-state index contributed by atoms with van der Waals surface area (Å²) in [6.07, 6.45) is 6.00. The Kier molecular flexibility index (Phi) is 4.05. The largest absolute Gasteiger partial charge is 0.344 e. The molecular formula is C19H22N4O2. The maximum absolute atomic E-state index is 12.2. The SMILES string of the molecule is CC(C1CCNCC1)n1ccc2c(-n3ccc(=O)[nH]c3=O)cccc21. The molecule has 130 valence electrons. The van der Waals surface area contributed by atoms with E-state index in [0.29, 0.717) is 12.0 Å². The van der Waals surface area contributed by atoms with Gasteiger partial charge in [0.15, 0.2) is 0 Å². The summed E-state index contributed by atoms with van der Waals surface area (Å²) in [5.41, 5.74) is 1.10. The normalized spacial score (nSPS) is 17.0. The highest BCUT2D eigenvalue weighted by atomic mass is 16.2. The Balaban J connectivity index is 1.80. The fourth-order valence-corrected chi connectivity index (χ4v) is 3.90. The second-order valence-corrected chi connectivity index (χ2v) is 6.74. The predicted molar refractivity (Wildman–Crippen MR) is 98.5 cm³/mol. The van der Waals surface area contributed by atoms with Crippen molar-refractivity contribution in [2.24, 2.45) is 5.92 Å². The molecule has 0 amide bonds. The van der Waals surface area contributed by atoms with Gasteiger partial charge in [-0.1, -0.05) is 6.07 Å². The molecule has 1 saturated heterocycles. The molecule has 1 aliphatic heterocycles. The molecule has 1 atom stereocenters. The first kappa shape index (κ1) is 15.9. The van der Waals surface area contributed by atoms with E-state index in [4.69, 9.17) is 0 Å². The van der Waals surface area contributed by atoms with Crippen molar-refractivity contribution in [1.82, 2.24) is 19.4 Å². The summed E-state index contributed by atoms with van der Waals surface area (Å²) in [6, 6.07) is 9.78. The molecule has 2 aromatic heterocycles. The van der Waals surface area contributed by atoms with Crippen LogP contribution in [0.5, 0.6) is 0 Å². The molecule has 1 unspecified atom stereocenters. The summed E-state index contributed by atoms with van der Waals surface area (Å²) in [5, 5.41) is 4.43. The molecule has 6 nitrogen and oxygen atoms in total. The fraction of sp³-hybridized carbons (Fsp3) is 0.368. The maximum atomic E-state index is 12.2. The van der Waals surface area contributed by atoms with Gasteiger partial charge in [-0.25, -0.2) is 4.79 Å². The van der Waals surface area contributed by atoms with E-state index in [-0.39, 0.29) is 5.56 Å². The van der Waals surface area contributed by atoms with Crippen LogP contribution in [0.15, 0.2) is 52.3 Å². The van der Waals surface area contributed by atoms with Crippen molar-refractivity contribution in [3.63, 3.8) is 0 Å². The second-order valence-electron chi connectivity index (χ2n) is 6.74.